The largest absolute Gasteiger partial charge is 0.478 e. The van der Waals surface area contributed by atoms with Crippen LogP contribution in [0.4, 0.5) is 0 Å². The predicted molar refractivity (Wildman–Crippen MR) is 118 cm³/mol. The van der Waals surface area contributed by atoms with Crippen molar-refractivity contribution in [1.29, 1.82) is 0 Å². The second-order valence-electron chi connectivity index (χ2n) is 8.28. The fraction of sp³-hybridized carbons (Fsp3) is 0.417. The van der Waals surface area contributed by atoms with Crippen LogP contribution in [0.2, 0.25) is 0 Å². The van der Waals surface area contributed by atoms with E-state index in [1.807, 2.05) is 30.3 Å². The molecule has 1 aromatic carbocycles. The number of aliphatic carboxylic acids is 2. The summed E-state index contributed by atoms with van der Waals surface area (Å²) < 4.78 is 34.1. The van der Waals surface area contributed by atoms with E-state index in [4.69, 9.17) is 38.6 Å². The minimum atomic E-state index is -1.37. The maximum Gasteiger partial charge on any atom is 0.331 e. The van der Waals surface area contributed by atoms with Gasteiger partial charge in [0.2, 0.25) is 0 Å². The Labute approximate surface area is 206 Å². The molecular weight excluding hydrogens is 480 g/mol. The molecular formula is C24H26O12. The van der Waals surface area contributed by atoms with E-state index in [2.05, 4.69) is 0 Å². The summed E-state index contributed by atoms with van der Waals surface area (Å²) in [5.41, 5.74) is 0.848. The SMILES string of the molecule is CC1(C)O[C@H]2O[C@H]([C@@H](COC(=O)/C=C\C(=O)O)OC(=O)/C=C\C(=O)O)[C@H](OCc3ccccc3)[C@H]2O1. The van der Waals surface area contributed by atoms with E-state index in [1.54, 1.807) is 13.8 Å². The highest BCUT2D eigenvalue weighted by molar-refractivity contribution is 5.91. The van der Waals surface area contributed by atoms with E-state index in [-0.39, 0.29) is 6.61 Å². The summed E-state index contributed by atoms with van der Waals surface area (Å²) in [6, 6.07) is 9.23. The van der Waals surface area contributed by atoms with Gasteiger partial charge in [-0.25, -0.2) is 19.2 Å². The molecule has 3 rings (SSSR count). The van der Waals surface area contributed by atoms with Gasteiger partial charge in [0.15, 0.2) is 18.2 Å². The van der Waals surface area contributed by atoms with Gasteiger partial charge in [-0.05, 0) is 19.4 Å². The molecule has 2 aliphatic heterocycles. The maximum atomic E-state index is 12.2. The highest BCUT2D eigenvalue weighted by Crippen LogP contribution is 2.40. The number of ether oxygens (including phenoxy) is 6. The Kier molecular flexibility index (Phi) is 8.93. The van der Waals surface area contributed by atoms with Crippen LogP contribution < -0.4 is 0 Å². The molecule has 0 aliphatic carbocycles. The highest BCUT2D eigenvalue weighted by Gasteiger charge is 2.58. The van der Waals surface area contributed by atoms with Gasteiger partial charge < -0.3 is 38.6 Å². The number of carbonyl (C=O) groups excluding carboxylic acids is 2. The summed E-state index contributed by atoms with van der Waals surface area (Å²) in [5.74, 6) is -5.74. The molecule has 0 amide bonds. The fourth-order valence-electron chi connectivity index (χ4n) is 3.64. The van der Waals surface area contributed by atoms with Gasteiger partial charge >= 0.3 is 23.9 Å². The Morgan fingerprint density at radius 2 is 1.61 bits per heavy atom. The van der Waals surface area contributed by atoms with Crippen molar-refractivity contribution >= 4 is 23.9 Å². The first-order valence-corrected chi connectivity index (χ1v) is 10.9. The molecule has 194 valence electrons. The van der Waals surface area contributed by atoms with E-state index >= 15 is 0 Å². The zero-order valence-corrected chi connectivity index (χ0v) is 19.5. The highest BCUT2D eigenvalue weighted by atomic mass is 16.8. The van der Waals surface area contributed by atoms with Crippen molar-refractivity contribution in [2.24, 2.45) is 0 Å². The van der Waals surface area contributed by atoms with E-state index in [9.17, 15) is 19.2 Å². The number of carbonyl (C=O) groups is 4. The Balaban J connectivity index is 1.81. The second kappa shape index (κ2) is 11.9. The summed E-state index contributed by atoms with van der Waals surface area (Å²) in [5, 5.41) is 17.4. The van der Waals surface area contributed by atoms with Crippen LogP contribution in [0, 0.1) is 0 Å². The molecule has 2 saturated heterocycles. The molecule has 0 saturated carbocycles. The lowest BCUT2D eigenvalue weighted by Crippen LogP contribution is -2.46. The van der Waals surface area contributed by atoms with Gasteiger partial charge in [-0.15, -0.1) is 0 Å². The van der Waals surface area contributed by atoms with E-state index in [0.717, 1.165) is 5.56 Å². The topological polar surface area (TPSA) is 164 Å². The van der Waals surface area contributed by atoms with Crippen LogP contribution in [-0.4, -0.2) is 77.2 Å². The molecule has 1 aromatic rings. The molecule has 36 heavy (non-hydrogen) atoms. The third kappa shape index (κ3) is 7.71. The Morgan fingerprint density at radius 1 is 0.972 bits per heavy atom. The molecule has 2 fully saturated rings. The van der Waals surface area contributed by atoms with Crippen LogP contribution in [0.5, 0.6) is 0 Å². The zero-order chi connectivity index (χ0) is 26.3. The molecule has 12 heteroatoms. The monoisotopic (exact) mass is 506 g/mol. The van der Waals surface area contributed by atoms with E-state index in [0.29, 0.717) is 24.3 Å². The van der Waals surface area contributed by atoms with E-state index < -0.39 is 67.0 Å². The average Bonchev–Trinajstić information content (AvgIpc) is 3.29. The molecule has 2 heterocycles. The van der Waals surface area contributed by atoms with Crippen molar-refractivity contribution in [1.82, 2.24) is 0 Å². The summed E-state index contributed by atoms with van der Waals surface area (Å²) in [7, 11) is 0. The third-order valence-electron chi connectivity index (χ3n) is 5.06. The maximum absolute atomic E-state index is 12.2. The molecule has 0 spiro atoms. The van der Waals surface area contributed by atoms with Gasteiger partial charge in [0.1, 0.15) is 24.9 Å². The first kappa shape index (κ1) is 27.0. The molecule has 5 atom stereocenters. The van der Waals surface area contributed by atoms with E-state index in [1.165, 1.54) is 0 Å². The zero-order valence-electron chi connectivity index (χ0n) is 19.5. The lowest BCUT2D eigenvalue weighted by atomic mass is 10.1. The number of hydrogen-bond acceptors (Lipinski definition) is 10. The predicted octanol–water partition coefficient (Wildman–Crippen LogP) is 1.18. The fourth-order valence-corrected chi connectivity index (χ4v) is 3.64. The smallest absolute Gasteiger partial charge is 0.331 e. The lowest BCUT2D eigenvalue weighted by Gasteiger charge is -2.30. The van der Waals surface area contributed by atoms with Gasteiger partial charge in [0.25, 0.3) is 0 Å². The van der Waals surface area contributed by atoms with Gasteiger partial charge in [-0.1, -0.05) is 30.3 Å². The summed E-state index contributed by atoms with van der Waals surface area (Å²) in [4.78, 5) is 45.6. The number of hydrogen-bond donors (Lipinski definition) is 2. The number of benzene rings is 1. The van der Waals surface area contributed by atoms with Crippen molar-refractivity contribution in [2.45, 2.75) is 56.9 Å². The first-order chi connectivity index (χ1) is 17.0. The van der Waals surface area contributed by atoms with Crippen molar-refractivity contribution in [3.63, 3.8) is 0 Å². The normalized spacial score (nSPS) is 25.5. The molecule has 0 unspecified atom stereocenters. The molecule has 2 N–H and O–H groups in total. The van der Waals surface area contributed by atoms with Crippen LogP contribution in [0.1, 0.15) is 19.4 Å². The molecule has 0 aromatic heterocycles. The van der Waals surface area contributed by atoms with Crippen molar-refractivity contribution in [3.05, 3.63) is 60.2 Å². The minimum absolute atomic E-state index is 0.152. The molecule has 12 nitrogen and oxygen atoms in total. The van der Waals surface area contributed by atoms with Crippen molar-refractivity contribution < 1.29 is 57.8 Å². The second-order valence-corrected chi connectivity index (χ2v) is 8.28. The van der Waals surface area contributed by atoms with Gasteiger partial charge in [-0.3, -0.25) is 0 Å². The van der Waals surface area contributed by atoms with Gasteiger partial charge in [0.05, 0.1) is 6.61 Å². The Morgan fingerprint density at radius 3 is 2.25 bits per heavy atom. The average molecular weight is 506 g/mol. The van der Waals surface area contributed by atoms with Crippen LogP contribution in [0.3, 0.4) is 0 Å². The van der Waals surface area contributed by atoms with Gasteiger partial charge in [-0.2, -0.15) is 0 Å². The van der Waals surface area contributed by atoms with Crippen LogP contribution in [0.15, 0.2) is 54.6 Å². The lowest BCUT2D eigenvalue weighted by molar-refractivity contribution is -0.235. The van der Waals surface area contributed by atoms with Crippen LogP contribution >= 0.6 is 0 Å². The Bertz CT molecular complexity index is 1020. The quantitative estimate of drug-likeness (QED) is 0.326. The Hall–Kier alpha value is -3.58. The van der Waals surface area contributed by atoms with Crippen LogP contribution in [-0.2, 0) is 54.2 Å². The molecule has 0 radical (unpaired) electrons. The summed E-state index contributed by atoms with van der Waals surface area (Å²) >= 11 is 0. The number of fused-ring (bicyclic) bond motifs is 1. The summed E-state index contributed by atoms with van der Waals surface area (Å²) in [6.07, 6.45) is -2.21. The third-order valence-corrected chi connectivity index (χ3v) is 5.06. The number of carboxylic acids is 2. The molecule has 0 bridgehead atoms. The minimum Gasteiger partial charge on any atom is -0.478 e. The van der Waals surface area contributed by atoms with Gasteiger partial charge in [0, 0.05) is 24.3 Å². The number of esters is 2. The molecule has 2 aliphatic rings. The first-order valence-electron chi connectivity index (χ1n) is 10.9. The number of carboxylic acid groups (broad SMARTS) is 2. The standard InChI is InChI=1S/C24H26O12/c1-24(2)35-22-21(32-12-14-6-4-3-5-7-14)20(34-23(22)36-24)15(33-19(30)11-9-17(27)28)13-31-18(29)10-8-16(25)26/h3-11,15,20-23H,12-13H2,1-2H3,(H,25,26)(H,27,28)/b10-8-,11-9-/t15-,20-,21+,22-,23-/m1/s1. The van der Waals surface area contributed by atoms with Crippen molar-refractivity contribution in [2.75, 3.05) is 6.61 Å². The van der Waals surface area contributed by atoms with Crippen LogP contribution in [0.25, 0.3) is 0 Å². The number of rotatable bonds is 11. The summed E-state index contributed by atoms with van der Waals surface area (Å²) in [6.45, 7) is 3.00. The van der Waals surface area contributed by atoms with Crippen molar-refractivity contribution in [3.8, 4) is 0 Å².